The highest BCUT2D eigenvalue weighted by atomic mass is 16.5. The van der Waals surface area contributed by atoms with Crippen LogP contribution in [0.4, 0.5) is 0 Å². The van der Waals surface area contributed by atoms with E-state index in [0.29, 0.717) is 0 Å². The van der Waals surface area contributed by atoms with Gasteiger partial charge in [0.05, 0.1) is 7.11 Å². The lowest BCUT2D eigenvalue weighted by atomic mass is 10.1. The molecular weight excluding hydrogens is 224 g/mol. The quantitative estimate of drug-likeness (QED) is 0.640. The van der Waals surface area contributed by atoms with Crippen LogP contribution in [0.25, 0.3) is 16.8 Å². The second-order valence-corrected chi connectivity index (χ2v) is 3.99. The summed E-state index contributed by atoms with van der Waals surface area (Å²) < 4.78 is 7.26. The third-order valence-corrected chi connectivity index (χ3v) is 2.86. The van der Waals surface area contributed by atoms with Gasteiger partial charge < -0.3 is 4.74 Å². The highest BCUT2D eigenvalue weighted by Gasteiger charge is 2.14. The van der Waals surface area contributed by atoms with Crippen LogP contribution >= 0.6 is 0 Å². The predicted octanol–water partition coefficient (Wildman–Crippen LogP) is 2.50. The highest BCUT2D eigenvalue weighted by Crippen LogP contribution is 2.22. The lowest BCUT2D eigenvalue weighted by Crippen LogP contribution is -2.27. The average molecular weight is 237 g/mol. The fourth-order valence-corrected chi connectivity index (χ4v) is 1.97. The number of rotatable bonds is 2. The van der Waals surface area contributed by atoms with Crippen molar-refractivity contribution in [1.82, 2.24) is 5.10 Å². The van der Waals surface area contributed by atoms with Gasteiger partial charge in [0.15, 0.2) is 5.75 Å². The molecule has 88 valence electrons. The molecule has 3 nitrogen and oxygen atoms in total. The normalized spacial score (nSPS) is 10.5. The summed E-state index contributed by atoms with van der Waals surface area (Å²) in [6, 6.07) is 18.0. The third kappa shape index (κ3) is 1.80. The van der Waals surface area contributed by atoms with E-state index in [0.717, 1.165) is 22.5 Å². The molecule has 0 amide bonds. The molecule has 18 heavy (non-hydrogen) atoms. The van der Waals surface area contributed by atoms with Crippen molar-refractivity contribution in [2.75, 3.05) is 7.11 Å². The van der Waals surface area contributed by atoms with Gasteiger partial charge in [0.1, 0.15) is 5.69 Å². The second-order valence-electron chi connectivity index (χ2n) is 3.99. The first-order chi connectivity index (χ1) is 8.88. The second kappa shape index (κ2) is 4.45. The van der Waals surface area contributed by atoms with Crippen molar-refractivity contribution < 1.29 is 9.25 Å². The molecule has 0 N–H and O–H groups in total. The van der Waals surface area contributed by atoms with Crippen molar-refractivity contribution in [3.63, 3.8) is 0 Å². The van der Waals surface area contributed by atoms with E-state index in [1.807, 2.05) is 65.3 Å². The van der Waals surface area contributed by atoms with Gasteiger partial charge in [0, 0.05) is 28.9 Å². The zero-order valence-corrected chi connectivity index (χ0v) is 10.1. The molecule has 0 radical (unpaired) electrons. The van der Waals surface area contributed by atoms with Gasteiger partial charge in [-0.2, -0.15) is 0 Å². The number of aromatic nitrogens is 2. The Balaban J connectivity index is 2.26. The molecular formula is C15H13N2O+. The maximum absolute atomic E-state index is 5.43. The Labute approximate surface area is 105 Å². The molecule has 0 spiro atoms. The molecule has 0 aliphatic carbocycles. The van der Waals surface area contributed by atoms with Gasteiger partial charge in [-0.1, -0.05) is 30.3 Å². The highest BCUT2D eigenvalue weighted by molar-refractivity contribution is 5.64. The van der Waals surface area contributed by atoms with E-state index in [9.17, 15) is 0 Å². The number of methoxy groups -OCH3 is 1. The summed E-state index contributed by atoms with van der Waals surface area (Å²) in [5.74, 6) is 0.824. The summed E-state index contributed by atoms with van der Waals surface area (Å²) in [6.45, 7) is 0. The minimum absolute atomic E-state index is 0.824. The van der Waals surface area contributed by atoms with E-state index in [4.69, 9.17) is 4.74 Å². The van der Waals surface area contributed by atoms with Crippen LogP contribution in [0.2, 0.25) is 0 Å². The molecule has 3 rings (SSSR count). The van der Waals surface area contributed by atoms with Crippen molar-refractivity contribution in [2.24, 2.45) is 0 Å². The van der Waals surface area contributed by atoms with Crippen molar-refractivity contribution in [2.45, 2.75) is 0 Å². The summed E-state index contributed by atoms with van der Waals surface area (Å²) in [4.78, 5) is 0. The Kier molecular flexibility index (Phi) is 2.65. The fourth-order valence-electron chi connectivity index (χ4n) is 1.97. The summed E-state index contributed by atoms with van der Waals surface area (Å²) >= 11 is 0. The lowest BCUT2D eigenvalue weighted by molar-refractivity contribution is -0.580. The van der Waals surface area contributed by atoms with Crippen molar-refractivity contribution in [3.05, 3.63) is 60.8 Å². The van der Waals surface area contributed by atoms with Crippen LogP contribution in [0.3, 0.4) is 0 Å². The number of hydrogen-bond donors (Lipinski definition) is 0. The maximum atomic E-state index is 5.43. The largest absolute Gasteiger partial charge is 0.490 e. The first-order valence-corrected chi connectivity index (χ1v) is 5.79. The minimum Gasteiger partial charge on any atom is -0.490 e. The number of benzene rings is 1. The topological polar surface area (TPSA) is 26.2 Å². The fraction of sp³-hybridized carbons (Fsp3) is 0.0667. The van der Waals surface area contributed by atoms with Crippen molar-refractivity contribution in [1.29, 1.82) is 0 Å². The van der Waals surface area contributed by atoms with Gasteiger partial charge in [0.25, 0.3) is 5.52 Å². The van der Waals surface area contributed by atoms with Crippen LogP contribution in [0, 0.1) is 0 Å². The van der Waals surface area contributed by atoms with E-state index >= 15 is 0 Å². The molecule has 1 aromatic carbocycles. The van der Waals surface area contributed by atoms with Gasteiger partial charge in [-0.3, -0.25) is 0 Å². The Morgan fingerprint density at radius 1 is 1.00 bits per heavy atom. The maximum Gasteiger partial charge on any atom is 0.279 e. The van der Waals surface area contributed by atoms with Gasteiger partial charge in [0.2, 0.25) is 6.20 Å². The lowest BCUT2D eigenvalue weighted by Gasteiger charge is -2.02. The van der Waals surface area contributed by atoms with Crippen LogP contribution in [-0.2, 0) is 0 Å². The molecule has 0 saturated carbocycles. The van der Waals surface area contributed by atoms with Crippen LogP contribution in [0.1, 0.15) is 0 Å². The Morgan fingerprint density at radius 3 is 2.56 bits per heavy atom. The van der Waals surface area contributed by atoms with Crippen molar-refractivity contribution >= 4 is 5.52 Å². The average Bonchev–Trinajstić information content (AvgIpc) is 2.47. The Bertz CT molecular complexity index is 680. The van der Waals surface area contributed by atoms with Crippen LogP contribution < -0.4 is 9.25 Å². The molecule has 0 aliphatic heterocycles. The Hall–Kier alpha value is -2.42. The summed E-state index contributed by atoms with van der Waals surface area (Å²) in [5, 5.41) is 4.59. The summed E-state index contributed by atoms with van der Waals surface area (Å²) in [6.07, 6.45) is 1.92. The number of pyridine rings is 1. The van der Waals surface area contributed by atoms with Crippen LogP contribution in [0.5, 0.6) is 5.75 Å². The number of nitrogens with zero attached hydrogens (tertiary/aromatic N) is 2. The van der Waals surface area contributed by atoms with Gasteiger partial charge in [-0.25, -0.2) is 0 Å². The SMILES string of the molecule is COc1cc(-c2ccccc2)n[n+]2ccccc12. The van der Waals surface area contributed by atoms with E-state index < -0.39 is 0 Å². The van der Waals surface area contributed by atoms with Crippen molar-refractivity contribution in [3.8, 4) is 17.0 Å². The third-order valence-electron chi connectivity index (χ3n) is 2.86. The van der Waals surface area contributed by atoms with Gasteiger partial charge in [-0.05, 0) is 10.6 Å². The summed E-state index contributed by atoms with van der Waals surface area (Å²) in [7, 11) is 1.68. The first-order valence-electron chi connectivity index (χ1n) is 5.79. The van der Waals surface area contributed by atoms with Gasteiger partial charge >= 0.3 is 0 Å². The molecule has 0 bridgehead atoms. The first kappa shape index (κ1) is 10.7. The smallest absolute Gasteiger partial charge is 0.279 e. The minimum atomic E-state index is 0.824. The zero-order chi connectivity index (χ0) is 12.4. The van der Waals surface area contributed by atoms with E-state index in [-0.39, 0.29) is 0 Å². The predicted molar refractivity (Wildman–Crippen MR) is 69.4 cm³/mol. The monoisotopic (exact) mass is 237 g/mol. The van der Waals surface area contributed by atoms with E-state index in [1.54, 1.807) is 7.11 Å². The molecule has 3 heteroatoms. The number of hydrogen-bond acceptors (Lipinski definition) is 2. The number of fused-ring (bicyclic) bond motifs is 1. The molecule has 2 aromatic heterocycles. The molecule has 0 fully saturated rings. The molecule has 2 heterocycles. The molecule has 0 aliphatic rings. The van der Waals surface area contributed by atoms with E-state index in [1.165, 1.54) is 0 Å². The van der Waals surface area contributed by atoms with Gasteiger partial charge in [-0.15, -0.1) is 0 Å². The standard InChI is InChI=1S/C15H13N2O/c1-18-15-11-13(12-7-3-2-4-8-12)16-17-10-6-5-9-14(15)17/h2-11H,1H3/q+1. The molecule has 0 atom stereocenters. The molecule has 3 aromatic rings. The van der Waals surface area contributed by atoms with Crippen LogP contribution in [-0.4, -0.2) is 12.2 Å². The molecule has 0 saturated heterocycles. The van der Waals surface area contributed by atoms with E-state index in [2.05, 4.69) is 5.10 Å². The summed E-state index contributed by atoms with van der Waals surface area (Å²) in [5.41, 5.74) is 2.94. The number of ether oxygens (including phenoxy) is 1. The van der Waals surface area contributed by atoms with Crippen LogP contribution in [0.15, 0.2) is 60.8 Å². The Morgan fingerprint density at radius 2 is 1.78 bits per heavy atom. The molecule has 0 unspecified atom stereocenters. The zero-order valence-electron chi connectivity index (χ0n) is 10.1.